The fourth-order valence-electron chi connectivity index (χ4n) is 3.47. The molecular formula is C26H21BrN2O7S. The predicted molar refractivity (Wildman–Crippen MR) is 140 cm³/mol. The number of ether oxygens (including phenoxy) is 1. The number of carbonyl (C=O) groups excluding carboxylic acids is 3. The summed E-state index contributed by atoms with van der Waals surface area (Å²) < 4.78 is 37.1. The third kappa shape index (κ3) is 5.73. The van der Waals surface area contributed by atoms with Gasteiger partial charge in [-0.1, -0.05) is 39.7 Å². The average molecular weight is 585 g/mol. The molecule has 9 nitrogen and oxygen atoms in total. The number of nitrogens with one attached hydrogen (secondary N) is 1. The first kappa shape index (κ1) is 26.1. The summed E-state index contributed by atoms with van der Waals surface area (Å²) in [5.74, 6) is -1.63. The molecule has 0 aromatic heterocycles. The number of barbiturate groups is 1. The van der Waals surface area contributed by atoms with E-state index in [2.05, 4.69) is 21.2 Å². The van der Waals surface area contributed by atoms with Gasteiger partial charge in [0.2, 0.25) is 0 Å². The lowest BCUT2D eigenvalue weighted by molar-refractivity contribution is -0.122. The molecule has 0 saturated carbocycles. The molecule has 0 aliphatic carbocycles. The van der Waals surface area contributed by atoms with Gasteiger partial charge in [-0.2, -0.15) is 8.42 Å². The van der Waals surface area contributed by atoms with Crippen molar-refractivity contribution in [2.45, 2.75) is 18.7 Å². The Morgan fingerprint density at radius 2 is 1.62 bits per heavy atom. The van der Waals surface area contributed by atoms with E-state index in [1.54, 1.807) is 43.3 Å². The minimum atomic E-state index is -4.14. The second kappa shape index (κ2) is 10.6. The zero-order valence-electron chi connectivity index (χ0n) is 19.7. The molecule has 4 rings (SSSR count). The van der Waals surface area contributed by atoms with Crippen molar-refractivity contribution in [2.75, 3.05) is 11.5 Å². The maximum Gasteiger partial charge on any atom is 0.339 e. The number of carbonyl (C=O) groups is 3. The van der Waals surface area contributed by atoms with Crippen LogP contribution in [0.15, 0.2) is 81.7 Å². The first-order valence-corrected chi connectivity index (χ1v) is 13.2. The maximum absolute atomic E-state index is 13.1. The number of aryl methyl sites for hydroxylation is 1. The minimum Gasteiger partial charge on any atom is -0.490 e. The predicted octanol–water partition coefficient (Wildman–Crippen LogP) is 4.59. The van der Waals surface area contributed by atoms with E-state index in [1.807, 2.05) is 6.92 Å². The number of benzene rings is 3. The Morgan fingerprint density at radius 1 is 0.946 bits per heavy atom. The molecule has 0 unspecified atom stereocenters. The largest absolute Gasteiger partial charge is 0.490 e. The highest BCUT2D eigenvalue weighted by molar-refractivity contribution is 9.10. The van der Waals surface area contributed by atoms with Gasteiger partial charge in [0.1, 0.15) is 10.5 Å². The molecule has 3 aromatic carbocycles. The van der Waals surface area contributed by atoms with Gasteiger partial charge < -0.3 is 8.92 Å². The van der Waals surface area contributed by atoms with Gasteiger partial charge in [0.25, 0.3) is 11.8 Å². The summed E-state index contributed by atoms with van der Waals surface area (Å²) in [6, 6.07) is 16.0. The highest BCUT2D eigenvalue weighted by Gasteiger charge is 2.36. The lowest BCUT2D eigenvalue weighted by Gasteiger charge is -2.26. The fourth-order valence-corrected chi connectivity index (χ4v) is 4.68. The number of amides is 4. The first-order chi connectivity index (χ1) is 17.6. The van der Waals surface area contributed by atoms with E-state index in [-0.39, 0.29) is 34.3 Å². The Balaban J connectivity index is 1.67. The van der Waals surface area contributed by atoms with Crippen molar-refractivity contribution < 1.29 is 31.7 Å². The molecule has 3 aromatic rings. The average Bonchev–Trinajstić information content (AvgIpc) is 2.84. The van der Waals surface area contributed by atoms with E-state index in [4.69, 9.17) is 8.92 Å². The summed E-state index contributed by atoms with van der Waals surface area (Å²) in [5.41, 5.74) is 1.25. The number of anilines is 1. The van der Waals surface area contributed by atoms with Crippen molar-refractivity contribution in [2.24, 2.45) is 0 Å². The zero-order chi connectivity index (χ0) is 26.7. The summed E-state index contributed by atoms with van der Waals surface area (Å²) in [5, 5.41) is 2.16. The molecular weight excluding hydrogens is 564 g/mol. The van der Waals surface area contributed by atoms with Gasteiger partial charge in [0.15, 0.2) is 11.5 Å². The second-order valence-electron chi connectivity index (χ2n) is 7.92. The van der Waals surface area contributed by atoms with E-state index in [1.165, 1.54) is 36.4 Å². The molecule has 0 spiro atoms. The molecule has 1 saturated heterocycles. The van der Waals surface area contributed by atoms with Gasteiger partial charge in [-0.15, -0.1) is 0 Å². The molecule has 37 heavy (non-hydrogen) atoms. The number of imide groups is 2. The zero-order valence-corrected chi connectivity index (χ0v) is 22.1. The number of halogens is 1. The molecule has 0 atom stereocenters. The lowest BCUT2D eigenvalue weighted by Crippen LogP contribution is -2.54. The van der Waals surface area contributed by atoms with Crippen LogP contribution in [0.4, 0.5) is 10.5 Å². The van der Waals surface area contributed by atoms with Crippen LogP contribution in [0.1, 0.15) is 18.1 Å². The van der Waals surface area contributed by atoms with Crippen LogP contribution < -0.4 is 19.1 Å². The lowest BCUT2D eigenvalue weighted by atomic mass is 10.1. The molecule has 11 heteroatoms. The van der Waals surface area contributed by atoms with Crippen molar-refractivity contribution >= 4 is 55.7 Å². The number of urea groups is 1. The van der Waals surface area contributed by atoms with Gasteiger partial charge in [-0.25, -0.2) is 9.69 Å². The van der Waals surface area contributed by atoms with Gasteiger partial charge in [-0.05, 0) is 74.0 Å². The van der Waals surface area contributed by atoms with Crippen LogP contribution in [0.5, 0.6) is 11.5 Å². The van der Waals surface area contributed by atoms with Crippen molar-refractivity contribution in [1.82, 2.24) is 5.32 Å². The summed E-state index contributed by atoms with van der Waals surface area (Å²) in [6.45, 7) is 3.75. The third-order valence-corrected chi connectivity index (χ3v) is 7.05. The quantitative estimate of drug-likeness (QED) is 0.245. The van der Waals surface area contributed by atoms with Crippen LogP contribution in [0, 0.1) is 6.92 Å². The van der Waals surface area contributed by atoms with Gasteiger partial charge in [0.05, 0.1) is 12.3 Å². The van der Waals surface area contributed by atoms with Crippen molar-refractivity contribution in [3.63, 3.8) is 0 Å². The van der Waals surface area contributed by atoms with Gasteiger partial charge >= 0.3 is 16.1 Å². The van der Waals surface area contributed by atoms with Crippen molar-refractivity contribution in [3.8, 4) is 11.5 Å². The highest BCUT2D eigenvalue weighted by atomic mass is 79.9. The Labute approximate surface area is 221 Å². The molecule has 1 N–H and O–H groups in total. The molecule has 1 fully saturated rings. The first-order valence-electron chi connectivity index (χ1n) is 11.0. The number of hydrogen-bond donors (Lipinski definition) is 1. The van der Waals surface area contributed by atoms with Crippen LogP contribution in [0.2, 0.25) is 0 Å². The van der Waals surface area contributed by atoms with Crippen LogP contribution in [0.3, 0.4) is 0 Å². The van der Waals surface area contributed by atoms with Crippen LogP contribution in [0.25, 0.3) is 6.08 Å². The minimum absolute atomic E-state index is 0.0195. The summed E-state index contributed by atoms with van der Waals surface area (Å²) >= 11 is 3.30. The Hall–Kier alpha value is -3.96. The summed E-state index contributed by atoms with van der Waals surface area (Å²) in [7, 11) is -4.14. The van der Waals surface area contributed by atoms with Crippen LogP contribution >= 0.6 is 15.9 Å². The molecule has 190 valence electrons. The smallest absolute Gasteiger partial charge is 0.339 e. The van der Waals surface area contributed by atoms with E-state index in [9.17, 15) is 22.8 Å². The SMILES string of the molecule is CCOc1cc(/C=C2\C(=O)NC(=O)N(c3ccc(Br)cc3)C2=O)ccc1OS(=O)(=O)c1ccc(C)cc1. The van der Waals surface area contributed by atoms with Crippen LogP contribution in [-0.4, -0.2) is 32.9 Å². The normalized spacial score (nSPS) is 15.1. The van der Waals surface area contributed by atoms with E-state index >= 15 is 0 Å². The number of nitrogens with zero attached hydrogens (tertiary/aromatic N) is 1. The van der Waals surface area contributed by atoms with Crippen molar-refractivity contribution in [3.05, 3.63) is 87.9 Å². The van der Waals surface area contributed by atoms with E-state index < -0.39 is 28.0 Å². The molecule has 1 heterocycles. The maximum atomic E-state index is 13.1. The molecule has 1 aliphatic heterocycles. The Bertz CT molecular complexity index is 1520. The Kier molecular flexibility index (Phi) is 7.46. The molecule has 4 amide bonds. The standard InChI is InChI=1S/C26H21BrN2O7S/c1-3-35-23-15-17(6-13-22(23)36-37(33,34)20-11-4-16(2)5-12-20)14-21-24(30)28-26(32)29(25(21)31)19-9-7-18(27)8-10-19/h4-15H,3H2,1-2H3,(H,28,30,32)/b21-14+. The second-order valence-corrected chi connectivity index (χ2v) is 10.4. The van der Waals surface area contributed by atoms with Gasteiger partial charge in [-0.3, -0.25) is 14.9 Å². The van der Waals surface area contributed by atoms with E-state index in [0.29, 0.717) is 5.56 Å². The van der Waals surface area contributed by atoms with Crippen LogP contribution in [-0.2, 0) is 19.7 Å². The molecule has 1 aliphatic rings. The van der Waals surface area contributed by atoms with Crippen molar-refractivity contribution in [1.29, 1.82) is 0 Å². The number of hydrogen-bond acceptors (Lipinski definition) is 7. The Morgan fingerprint density at radius 3 is 2.27 bits per heavy atom. The highest BCUT2D eigenvalue weighted by Crippen LogP contribution is 2.32. The molecule has 0 bridgehead atoms. The fraction of sp³-hybridized carbons (Fsp3) is 0.115. The monoisotopic (exact) mass is 584 g/mol. The summed E-state index contributed by atoms with van der Waals surface area (Å²) in [4.78, 5) is 38.8. The number of rotatable bonds is 7. The third-order valence-electron chi connectivity index (χ3n) is 5.27. The summed E-state index contributed by atoms with van der Waals surface area (Å²) in [6.07, 6.45) is 1.29. The topological polar surface area (TPSA) is 119 Å². The van der Waals surface area contributed by atoms with Gasteiger partial charge in [0, 0.05) is 4.47 Å². The van der Waals surface area contributed by atoms with E-state index in [0.717, 1.165) is 14.9 Å². The molecule has 0 radical (unpaired) electrons.